The second-order valence-electron chi connectivity index (χ2n) is 5.14. The summed E-state index contributed by atoms with van der Waals surface area (Å²) in [4.78, 5) is 8.64. The van der Waals surface area contributed by atoms with Gasteiger partial charge in [-0.1, -0.05) is 29.8 Å². The molecule has 0 amide bonds. The van der Waals surface area contributed by atoms with Gasteiger partial charge in [0.25, 0.3) is 0 Å². The third-order valence-corrected chi connectivity index (χ3v) is 3.60. The molecule has 1 aromatic carbocycles. The molecule has 0 aliphatic heterocycles. The maximum absolute atomic E-state index is 5.88. The van der Waals surface area contributed by atoms with Gasteiger partial charge in [-0.15, -0.1) is 5.10 Å². The Morgan fingerprint density at radius 3 is 2.67 bits per heavy atom. The van der Waals surface area contributed by atoms with Gasteiger partial charge in [0.1, 0.15) is 0 Å². The molecule has 0 radical (unpaired) electrons. The van der Waals surface area contributed by atoms with Crippen LogP contribution < -0.4 is 10.6 Å². The molecule has 2 N–H and O–H groups in total. The molecule has 2 heterocycles. The van der Waals surface area contributed by atoms with Crippen LogP contribution in [0.1, 0.15) is 11.3 Å². The lowest BCUT2D eigenvalue weighted by molar-refractivity contribution is 0.917. The van der Waals surface area contributed by atoms with Gasteiger partial charge in [-0.3, -0.25) is 4.98 Å². The first kappa shape index (κ1) is 16.1. The maximum Gasteiger partial charge on any atom is 0.244 e. The zero-order valence-corrected chi connectivity index (χ0v) is 13.7. The van der Waals surface area contributed by atoms with E-state index in [1.807, 2.05) is 42.5 Å². The molecule has 0 saturated heterocycles. The summed E-state index contributed by atoms with van der Waals surface area (Å²) < 4.78 is 0. The topological polar surface area (TPSA) is 75.6 Å². The van der Waals surface area contributed by atoms with Crippen molar-refractivity contribution >= 4 is 23.4 Å². The van der Waals surface area contributed by atoms with E-state index in [0.717, 1.165) is 17.1 Å². The predicted octanol–water partition coefficient (Wildman–Crippen LogP) is 3.19. The molecular formula is C17H17ClN6. The van der Waals surface area contributed by atoms with Gasteiger partial charge in [0, 0.05) is 17.8 Å². The zero-order chi connectivity index (χ0) is 16.6. The molecule has 122 valence electrons. The van der Waals surface area contributed by atoms with E-state index in [2.05, 4.69) is 30.8 Å². The van der Waals surface area contributed by atoms with Gasteiger partial charge in [-0.2, -0.15) is 10.1 Å². The molecule has 3 aromatic rings. The van der Waals surface area contributed by atoms with E-state index in [1.54, 1.807) is 12.4 Å². The SMILES string of the molecule is Clc1ccc(CCNc2nncc(NCc3ccccn3)n2)cc1. The standard InChI is InChI=1S/C17H17ClN6/c18-14-6-4-13(5-7-14)8-10-20-17-23-16(12-22-24-17)21-11-15-3-1-2-9-19-15/h1-7,9,12H,8,10-11H2,(H2,20,21,23,24). The summed E-state index contributed by atoms with van der Waals surface area (Å²) in [7, 11) is 0. The minimum atomic E-state index is 0.495. The summed E-state index contributed by atoms with van der Waals surface area (Å²) >= 11 is 5.88. The normalized spacial score (nSPS) is 10.4. The smallest absolute Gasteiger partial charge is 0.244 e. The van der Waals surface area contributed by atoms with Crippen LogP contribution in [0.3, 0.4) is 0 Å². The largest absolute Gasteiger partial charge is 0.363 e. The van der Waals surface area contributed by atoms with Crippen LogP contribution in [-0.4, -0.2) is 26.7 Å². The summed E-state index contributed by atoms with van der Waals surface area (Å²) in [5.74, 6) is 1.15. The number of hydrogen-bond donors (Lipinski definition) is 2. The lowest BCUT2D eigenvalue weighted by atomic mass is 10.1. The molecule has 0 aliphatic carbocycles. The molecule has 0 aliphatic rings. The summed E-state index contributed by atoms with van der Waals surface area (Å²) in [6.07, 6.45) is 4.21. The Kier molecular flexibility index (Phi) is 5.52. The number of halogens is 1. The van der Waals surface area contributed by atoms with Crippen LogP contribution >= 0.6 is 11.6 Å². The average Bonchev–Trinajstić information content (AvgIpc) is 2.63. The van der Waals surface area contributed by atoms with Crippen LogP contribution in [-0.2, 0) is 13.0 Å². The average molecular weight is 341 g/mol. The summed E-state index contributed by atoms with van der Waals surface area (Å²) in [6.45, 7) is 1.30. The quantitative estimate of drug-likeness (QED) is 0.688. The Labute approximate surface area is 145 Å². The van der Waals surface area contributed by atoms with Gasteiger partial charge in [0.2, 0.25) is 5.95 Å². The molecule has 2 aromatic heterocycles. The zero-order valence-electron chi connectivity index (χ0n) is 13.0. The van der Waals surface area contributed by atoms with Crippen LogP contribution in [0.15, 0.2) is 54.9 Å². The minimum Gasteiger partial charge on any atom is -0.363 e. The molecule has 24 heavy (non-hydrogen) atoms. The number of nitrogens with one attached hydrogen (secondary N) is 2. The van der Waals surface area contributed by atoms with Crippen LogP contribution in [0.5, 0.6) is 0 Å². The van der Waals surface area contributed by atoms with Gasteiger partial charge in [0.05, 0.1) is 18.4 Å². The maximum atomic E-state index is 5.88. The second kappa shape index (κ2) is 8.21. The first-order valence-electron chi connectivity index (χ1n) is 7.61. The van der Waals surface area contributed by atoms with Gasteiger partial charge < -0.3 is 10.6 Å². The van der Waals surface area contributed by atoms with Crippen molar-refractivity contribution in [3.8, 4) is 0 Å². The van der Waals surface area contributed by atoms with Crippen LogP contribution in [0.2, 0.25) is 5.02 Å². The number of pyridine rings is 1. The summed E-state index contributed by atoms with van der Waals surface area (Å²) in [6, 6.07) is 13.6. The van der Waals surface area contributed by atoms with E-state index in [0.29, 0.717) is 24.9 Å². The highest BCUT2D eigenvalue weighted by molar-refractivity contribution is 6.30. The first-order valence-corrected chi connectivity index (χ1v) is 7.99. The molecule has 7 heteroatoms. The van der Waals surface area contributed by atoms with Crippen molar-refractivity contribution in [2.45, 2.75) is 13.0 Å². The number of rotatable bonds is 7. The van der Waals surface area contributed by atoms with Crippen LogP contribution in [0.4, 0.5) is 11.8 Å². The van der Waals surface area contributed by atoms with Crippen molar-refractivity contribution in [1.29, 1.82) is 0 Å². The lowest BCUT2D eigenvalue weighted by Gasteiger charge is -2.07. The fourth-order valence-corrected chi connectivity index (χ4v) is 2.24. The molecule has 0 bridgehead atoms. The van der Waals surface area contributed by atoms with E-state index in [-0.39, 0.29) is 0 Å². The van der Waals surface area contributed by atoms with E-state index < -0.39 is 0 Å². The highest BCUT2D eigenvalue weighted by Crippen LogP contribution is 2.10. The predicted molar refractivity (Wildman–Crippen MR) is 95.0 cm³/mol. The van der Waals surface area contributed by atoms with Gasteiger partial charge >= 0.3 is 0 Å². The fraction of sp³-hybridized carbons (Fsp3) is 0.176. The number of benzene rings is 1. The third-order valence-electron chi connectivity index (χ3n) is 3.35. The Morgan fingerprint density at radius 1 is 1.00 bits per heavy atom. The first-order chi connectivity index (χ1) is 11.8. The molecular weight excluding hydrogens is 324 g/mol. The van der Waals surface area contributed by atoms with Gasteiger partial charge in [0.15, 0.2) is 5.82 Å². The van der Waals surface area contributed by atoms with Gasteiger partial charge in [-0.05, 0) is 36.2 Å². The fourth-order valence-electron chi connectivity index (χ4n) is 2.12. The number of hydrogen-bond acceptors (Lipinski definition) is 6. The van der Waals surface area contributed by atoms with Crippen molar-refractivity contribution in [3.63, 3.8) is 0 Å². The molecule has 0 saturated carbocycles. The lowest BCUT2D eigenvalue weighted by Crippen LogP contribution is -2.11. The Bertz CT molecular complexity index is 764. The van der Waals surface area contributed by atoms with Crippen LogP contribution in [0, 0.1) is 0 Å². The highest BCUT2D eigenvalue weighted by atomic mass is 35.5. The molecule has 3 rings (SSSR count). The third kappa shape index (κ3) is 4.89. The number of anilines is 2. The Balaban J connectivity index is 1.50. The van der Waals surface area contributed by atoms with Crippen molar-refractivity contribution in [2.24, 2.45) is 0 Å². The van der Waals surface area contributed by atoms with Crippen molar-refractivity contribution in [3.05, 3.63) is 71.1 Å². The molecule has 0 atom stereocenters. The summed E-state index contributed by atoms with van der Waals surface area (Å²) in [5.41, 5.74) is 2.14. The van der Waals surface area contributed by atoms with E-state index in [9.17, 15) is 0 Å². The molecule has 6 nitrogen and oxygen atoms in total. The van der Waals surface area contributed by atoms with E-state index >= 15 is 0 Å². The Morgan fingerprint density at radius 2 is 1.88 bits per heavy atom. The minimum absolute atomic E-state index is 0.495. The number of aromatic nitrogens is 4. The highest BCUT2D eigenvalue weighted by Gasteiger charge is 2.01. The summed E-state index contributed by atoms with van der Waals surface area (Å²) in [5, 5.41) is 15.0. The van der Waals surface area contributed by atoms with Crippen molar-refractivity contribution in [1.82, 2.24) is 20.2 Å². The van der Waals surface area contributed by atoms with Gasteiger partial charge in [-0.25, -0.2) is 0 Å². The monoisotopic (exact) mass is 340 g/mol. The molecule has 0 spiro atoms. The molecule has 0 unspecified atom stereocenters. The van der Waals surface area contributed by atoms with Crippen LogP contribution in [0.25, 0.3) is 0 Å². The molecule has 0 fully saturated rings. The van der Waals surface area contributed by atoms with E-state index in [1.165, 1.54) is 5.56 Å². The number of nitrogens with zero attached hydrogens (tertiary/aromatic N) is 4. The second-order valence-corrected chi connectivity index (χ2v) is 5.58. The Hall–Kier alpha value is -2.73. The van der Waals surface area contributed by atoms with Crippen molar-refractivity contribution in [2.75, 3.05) is 17.2 Å². The van der Waals surface area contributed by atoms with E-state index in [4.69, 9.17) is 11.6 Å². The van der Waals surface area contributed by atoms with Crippen molar-refractivity contribution < 1.29 is 0 Å².